The van der Waals surface area contributed by atoms with E-state index >= 15 is 0 Å². The van der Waals surface area contributed by atoms with E-state index in [4.69, 9.17) is 29.4 Å². The Morgan fingerprint density at radius 1 is 0.508 bits per heavy atom. The molecule has 0 aromatic carbocycles. The van der Waals surface area contributed by atoms with Crippen molar-refractivity contribution in [3.8, 4) is 0 Å². The van der Waals surface area contributed by atoms with Crippen LogP contribution in [-0.2, 0) is 32.7 Å². The van der Waals surface area contributed by atoms with Gasteiger partial charge in [-0.15, -0.1) is 0 Å². The highest BCUT2D eigenvalue weighted by Gasteiger charge is 2.27. The van der Waals surface area contributed by atoms with Gasteiger partial charge in [0.05, 0.1) is 19.8 Å². The van der Waals surface area contributed by atoms with Crippen molar-refractivity contribution in [2.75, 3.05) is 26.4 Å². The maximum atomic E-state index is 12.7. The van der Waals surface area contributed by atoms with Crippen molar-refractivity contribution in [1.29, 1.82) is 0 Å². The normalized spacial score (nSPS) is 14.4. The summed E-state index contributed by atoms with van der Waals surface area (Å²) < 4.78 is 33.4. The summed E-state index contributed by atoms with van der Waals surface area (Å²) in [7, 11) is -4.64. The molecule has 3 unspecified atom stereocenters. The van der Waals surface area contributed by atoms with E-state index in [0.29, 0.717) is 19.4 Å². The fourth-order valence-electron chi connectivity index (χ4n) is 6.77. The van der Waals surface area contributed by atoms with Gasteiger partial charge in [0, 0.05) is 13.0 Å². The Hall–Kier alpha value is -2.85. The molecular weight excluding hydrogens is 838 g/mol. The van der Waals surface area contributed by atoms with Gasteiger partial charge in [0.2, 0.25) is 0 Å². The maximum Gasteiger partial charge on any atom is 0.472 e. The molecular formula is C54H94NO9P. The molecule has 0 saturated carbocycles. The van der Waals surface area contributed by atoms with Gasteiger partial charge in [-0.1, -0.05) is 221 Å². The Morgan fingerprint density at radius 3 is 1.28 bits per heavy atom. The molecule has 0 aliphatic heterocycles. The van der Waals surface area contributed by atoms with Crippen LogP contribution in [0.4, 0.5) is 0 Å². The fraction of sp³-hybridized carbons (Fsp3) is 0.704. The number of carbonyl (C=O) groups is 2. The van der Waals surface area contributed by atoms with Crippen molar-refractivity contribution in [1.82, 2.24) is 0 Å². The molecule has 0 bridgehead atoms. The Bertz CT molecular complexity index is 1360. The van der Waals surface area contributed by atoms with Crippen LogP contribution in [0.2, 0.25) is 0 Å². The molecule has 4 N–H and O–H groups in total. The molecule has 0 radical (unpaired) electrons. The lowest BCUT2D eigenvalue weighted by Gasteiger charge is -2.20. The molecule has 0 aromatic heterocycles. The van der Waals surface area contributed by atoms with Crippen LogP contribution in [0.1, 0.15) is 206 Å². The molecule has 0 heterocycles. The number of phosphoric acid groups is 1. The zero-order valence-corrected chi connectivity index (χ0v) is 42.0. The molecule has 11 heteroatoms. The summed E-state index contributed by atoms with van der Waals surface area (Å²) in [5, 5.41) is 8.93. The van der Waals surface area contributed by atoms with Crippen LogP contribution >= 0.6 is 7.82 Å². The first kappa shape index (κ1) is 62.1. The fourth-order valence-corrected chi connectivity index (χ4v) is 7.55. The van der Waals surface area contributed by atoms with Crippen molar-refractivity contribution in [3.63, 3.8) is 0 Å². The van der Waals surface area contributed by atoms with Crippen molar-refractivity contribution in [2.45, 2.75) is 219 Å². The van der Waals surface area contributed by atoms with Gasteiger partial charge in [-0.3, -0.25) is 18.6 Å². The number of unbranched alkanes of at least 4 members (excludes halogenated alkanes) is 20. The maximum absolute atomic E-state index is 12.7. The van der Waals surface area contributed by atoms with E-state index in [2.05, 4.69) is 92.8 Å². The Morgan fingerprint density at radius 2 is 0.877 bits per heavy atom. The van der Waals surface area contributed by atoms with E-state index in [1.165, 1.54) is 109 Å². The standard InChI is InChI=1S/C54H94NO9P/c1-3-5-7-9-11-13-15-17-19-21-23-25-26-27-28-30-32-34-36-38-40-42-44-46-53(56)64-51(49-62-65(59,60)63-50-52(55)54(57)58)48-61-47-45-43-41-39-37-35-33-31-29-24-22-20-18-16-14-12-10-8-6-4-2/h5,7,11,13,17,19,23,25,27-28,32,34,38,40,51-52H,3-4,6,8-10,12,14-16,18,20-22,24,26,29-31,33,35-37,39,41-50,55H2,1-2H3,(H,57,58)(H,59,60)/b7-5-,13-11-,19-17-,25-23-,28-27-,34-32-,40-38-. The highest BCUT2D eigenvalue weighted by atomic mass is 31.2. The summed E-state index contributed by atoms with van der Waals surface area (Å²) in [6.07, 6.45) is 63.6. The molecule has 0 rings (SSSR count). The number of phosphoric ester groups is 1. The van der Waals surface area contributed by atoms with Gasteiger partial charge >= 0.3 is 19.8 Å². The predicted octanol–water partition coefficient (Wildman–Crippen LogP) is 15.1. The molecule has 0 amide bonds. The molecule has 0 saturated heterocycles. The summed E-state index contributed by atoms with van der Waals surface area (Å²) >= 11 is 0. The van der Waals surface area contributed by atoms with Crippen molar-refractivity contribution in [3.05, 3.63) is 85.1 Å². The second-order valence-electron chi connectivity index (χ2n) is 16.9. The molecule has 0 fully saturated rings. The Kier molecular flexibility index (Phi) is 46.9. The average molecular weight is 932 g/mol. The third kappa shape index (κ3) is 48.9. The number of hydrogen-bond acceptors (Lipinski definition) is 8. The number of rotatable bonds is 48. The average Bonchev–Trinajstić information content (AvgIpc) is 3.29. The molecule has 3 atom stereocenters. The van der Waals surface area contributed by atoms with Crippen LogP contribution in [-0.4, -0.2) is 60.5 Å². The van der Waals surface area contributed by atoms with Crippen molar-refractivity contribution < 1.29 is 42.7 Å². The van der Waals surface area contributed by atoms with Gasteiger partial charge in [0.25, 0.3) is 0 Å². The number of carboxylic acid groups (broad SMARTS) is 1. The first-order chi connectivity index (χ1) is 31.7. The van der Waals surface area contributed by atoms with Gasteiger partial charge in [0.15, 0.2) is 0 Å². The third-order valence-corrected chi connectivity index (χ3v) is 11.6. The minimum Gasteiger partial charge on any atom is -0.480 e. The van der Waals surface area contributed by atoms with Crippen LogP contribution in [0.5, 0.6) is 0 Å². The number of aliphatic carboxylic acids is 1. The smallest absolute Gasteiger partial charge is 0.472 e. The number of hydrogen-bond donors (Lipinski definition) is 3. The molecule has 10 nitrogen and oxygen atoms in total. The van der Waals surface area contributed by atoms with Gasteiger partial charge in [-0.05, 0) is 64.2 Å². The van der Waals surface area contributed by atoms with Crippen LogP contribution in [0.3, 0.4) is 0 Å². The van der Waals surface area contributed by atoms with E-state index in [-0.39, 0.29) is 13.0 Å². The Labute approximate surface area is 397 Å². The number of nitrogens with two attached hydrogens (primary N) is 1. The summed E-state index contributed by atoms with van der Waals surface area (Å²) in [5.74, 6) is -1.84. The lowest BCUT2D eigenvalue weighted by atomic mass is 10.0. The first-order valence-corrected chi connectivity index (χ1v) is 27.1. The van der Waals surface area contributed by atoms with E-state index in [0.717, 1.165) is 64.2 Å². The minimum atomic E-state index is -4.64. The summed E-state index contributed by atoms with van der Waals surface area (Å²) in [5.41, 5.74) is 5.37. The summed E-state index contributed by atoms with van der Waals surface area (Å²) in [6.45, 7) is 3.72. The lowest BCUT2D eigenvalue weighted by Crippen LogP contribution is -2.34. The van der Waals surface area contributed by atoms with E-state index < -0.39 is 45.1 Å². The van der Waals surface area contributed by atoms with Crippen molar-refractivity contribution >= 4 is 19.8 Å². The van der Waals surface area contributed by atoms with E-state index in [1.807, 2.05) is 6.08 Å². The quantitative estimate of drug-likeness (QED) is 0.0232. The molecule has 0 spiro atoms. The van der Waals surface area contributed by atoms with Crippen LogP contribution < -0.4 is 5.73 Å². The zero-order chi connectivity index (χ0) is 47.6. The summed E-state index contributed by atoms with van der Waals surface area (Å²) in [6, 6.07) is -1.49. The van der Waals surface area contributed by atoms with Gasteiger partial charge in [-0.25, -0.2) is 4.57 Å². The second-order valence-corrected chi connectivity index (χ2v) is 18.4. The van der Waals surface area contributed by atoms with E-state index in [9.17, 15) is 19.0 Å². The lowest BCUT2D eigenvalue weighted by molar-refractivity contribution is -0.154. The number of carboxylic acids is 1. The van der Waals surface area contributed by atoms with E-state index in [1.54, 1.807) is 0 Å². The Balaban J connectivity index is 4.26. The number of ether oxygens (including phenoxy) is 2. The van der Waals surface area contributed by atoms with Gasteiger partial charge < -0.3 is 25.2 Å². The number of allylic oxidation sites excluding steroid dienone is 14. The third-order valence-electron chi connectivity index (χ3n) is 10.7. The van der Waals surface area contributed by atoms with Crippen LogP contribution in [0.25, 0.3) is 0 Å². The highest BCUT2D eigenvalue weighted by molar-refractivity contribution is 7.47. The molecule has 0 aromatic rings. The predicted molar refractivity (Wildman–Crippen MR) is 272 cm³/mol. The minimum absolute atomic E-state index is 0.00857. The molecule has 374 valence electrons. The van der Waals surface area contributed by atoms with Crippen molar-refractivity contribution in [2.24, 2.45) is 5.73 Å². The molecule has 0 aliphatic rings. The largest absolute Gasteiger partial charge is 0.480 e. The van der Waals surface area contributed by atoms with Gasteiger partial charge in [0.1, 0.15) is 12.1 Å². The SMILES string of the molecule is CC/C=C\C/C=C\C/C=C\C/C=C\C/C=C\C/C=C\C/C=C\CCCC(=O)OC(COCCCCCCCCCCCCCCCCCCCCCC)COP(=O)(O)OCC(N)C(=O)O. The number of esters is 1. The first-order valence-electron chi connectivity index (χ1n) is 25.6. The highest BCUT2D eigenvalue weighted by Crippen LogP contribution is 2.43. The topological polar surface area (TPSA) is 155 Å². The second kappa shape index (κ2) is 49.1. The number of carbonyl (C=O) groups excluding carboxylic acids is 1. The summed E-state index contributed by atoms with van der Waals surface area (Å²) in [4.78, 5) is 33.7. The van der Waals surface area contributed by atoms with Crippen LogP contribution in [0, 0.1) is 0 Å². The zero-order valence-electron chi connectivity index (χ0n) is 41.1. The van der Waals surface area contributed by atoms with Gasteiger partial charge in [-0.2, -0.15) is 0 Å². The monoisotopic (exact) mass is 932 g/mol. The molecule has 0 aliphatic carbocycles. The van der Waals surface area contributed by atoms with Crippen LogP contribution in [0.15, 0.2) is 85.1 Å². The molecule has 65 heavy (non-hydrogen) atoms.